The molecule has 0 amide bonds. The predicted octanol–water partition coefficient (Wildman–Crippen LogP) is 2.40. The van der Waals surface area contributed by atoms with E-state index >= 15 is 0 Å². The molecular formula is C6H8F2OS. The van der Waals surface area contributed by atoms with Crippen molar-refractivity contribution in [3.8, 4) is 0 Å². The van der Waals surface area contributed by atoms with Gasteiger partial charge in [-0.15, -0.1) is 0 Å². The molecule has 0 spiro atoms. The van der Waals surface area contributed by atoms with Crippen molar-refractivity contribution >= 4 is 11.2 Å². The third kappa shape index (κ3) is 2.49. The van der Waals surface area contributed by atoms with Crippen LogP contribution < -0.4 is 0 Å². The van der Waals surface area contributed by atoms with Crippen molar-refractivity contribution in [1.29, 1.82) is 0 Å². The maximum atomic E-state index is 11.6. The molecule has 0 saturated heterocycles. The van der Waals surface area contributed by atoms with Crippen LogP contribution in [0.4, 0.5) is 8.78 Å². The largest absolute Gasteiger partial charge is 0.607 e. The lowest BCUT2D eigenvalue weighted by molar-refractivity contribution is 0.602. The molecule has 0 aliphatic carbocycles. The molecule has 0 aromatic heterocycles. The van der Waals surface area contributed by atoms with Crippen molar-refractivity contribution in [1.82, 2.24) is 0 Å². The smallest absolute Gasteiger partial charge is 0.160 e. The van der Waals surface area contributed by atoms with Gasteiger partial charge in [-0.2, -0.15) is 0 Å². The van der Waals surface area contributed by atoms with Crippen molar-refractivity contribution in [2.24, 2.45) is 0 Å². The van der Waals surface area contributed by atoms with Gasteiger partial charge in [-0.05, 0) is 0 Å². The molecule has 0 aromatic carbocycles. The van der Waals surface area contributed by atoms with Crippen LogP contribution in [0.3, 0.4) is 0 Å². The Bertz CT molecular complexity index is 147. The minimum Gasteiger partial charge on any atom is -0.607 e. The molecule has 4 heteroatoms. The Hall–Kier alpha value is -0.350. The van der Waals surface area contributed by atoms with Crippen molar-refractivity contribution in [2.75, 3.05) is 0 Å². The summed E-state index contributed by atoms with van der Waals surface area (Å²) in [7, 11) is 0. The molecule has 0 N–H and O–H groups in total. The van der Waals surface area contributed by atoms with E-state index in [0.29, 0.717) is 0 Å². The van der Waals surface area contributed by atoms with Crippen molar-refractivity contribution < 1.29 is 13.3 Å². The zero-order valence-electron chi connectivity index (χ0n) is 5.73. The zero-order chi connectivity index (χ0) is 8.15. The third-order valence-corrected chi connectivity index (χ3v) is 2.24. The van der Waals surface area contributed by atoms with Crippen LogP contribution >= 0.6 is 0 Å². The molecule has 0 aliphatic heterocycles. The van der Waals surface area contributed by atoms with E-state index in [9.17, 15) is 13.3 Å². The van der Waals surface area contributed by atoms with E-state index in [4.69, 9.17) is 0 Å². The molecule has 0 saturated carbocycles. The second-order valence-corrected chi connectivity index (χ2v) is 3.53. The summed E-state index contributed by atoms with van der Waals surface area (Å²) in [6.45, 7) is 2.67. The fraction of sp³-hybridized carbons (Fsp3) is 0.333. The van der Waals surface area contributed by atoms with Crippen LogP contribution in [0.1, 0.15) is 13.8 Å². The number of rotatable bonds is 2. The minimum atomic E-state index is -1.64. The number of hydrogen-bond donors (Lipinski definition) is 0. The molecule has 0 atom stereocenters. The third-order valence-electron chi connectivity index (χ3n) is 0.892. The Labute approximate surface area is 61.6 Å². The maximum Gasteiger partial charge on any atom is 0.160 e. The van der Waals surface area contributed by atoms with Crippen LogP contribution in [0.5, 0.6) is 0 Å². The maximum absolute atomic E-state index is 11.6. The highest BCUT2D eigenvalue weighted by atomic mass is 32.2. The first-order valence-electron chi connectivity index (χ1n) is 2.59. The second kappa shape index (κ2) is 4.46. The summed E-state index contributed by atoms with van der Waals surface area (Å²) >= 11 is -1.64. The quantitative estimate of drug-likeness (QED) is 0.577. The molecule has 0 aromatic rings. The molecule has 0 aliphatic rings. The molecule has 0 radical (unpaired) electrons. The van der Waals surface area contributed by atoms with Crippen LogP contribution in [0.15, 0.2) is 22.5 Å². The topological polar surface area (TPSA) is 23.1 Å². The van der Waals surface area contributed by atoms with Gasteiger partial charge in [-0.1, -0.05) is 0 Å². The van der Waals surface area contributed by atoms with Gasteiger partial charge in [-0.3, -0.25) is 0 Å². The van der Waals surface area contributed by atoms with Gasteiger partial charge in [0, 0.05) is 25.0 Å². The number of allylic oxidation sites excluding steroid dienone is 2. The highest BCUT2D eigenvalue weighted by molar-refractivity contribution is 7.98. The Morgan fingerprint density at radius 1 is 1.20 bits per heavy atom. The summed E-state index contributed by atoms with van der Waals surface area (Å²) in [6, 6.07) is 0. The second-order valence-electron chi connectivity index (χ2n) is 1.71. The van der Waals surface area contributed by atoms with Gasteiger partial charge in [0.2, 0.25) is 0 Å². The lowest BCUT2D eigenvalue weighted by Crippen LogP contribution is -2.01. The first-order chi connectivity index (χ1) is 4.63. The molecule has 0 heterocycles. The van der Waals surface area contributed by atoms with Gasteiger partial charge in [0.25, 0.3) is 0 Å². The molecule has 0 bridgehead atoms. The number of halogens is 2. The zero-order valence-corrected chi connectivity index (χ0v) is 6.54. The summed E-state index contributed by atoms with van der Waals surface area (Å²) in [5, 5.41) is 0. The Kier molecular flexibility index (Phi) is 4.31. The molecule has 0 rings (SSSR count). The monoisotopic (exact) mass is 166 g/mol. The first kappa shape index (κ1) is 9.65. The van der Waals surface area contributed by atoms with E-state index in [-0.39, 0.29) is 22.5 Å². The lowest BCUT2D eigenvalue weighted by atomic mass is 10.7. The van der Waals surface area contributed by atoms with E-state index in [0.717, 1.165) is 0 Å². The highest BCUT2D eigenvalue weighted by Gasteiger charge is 2.12. The minimum absolute atomic E-state index is 0.0198. The van der Waals surface area contributed by atoms with Crippen LogP contribution in [0.2, 0.25) is 0 Å². The summed E-state index contributed by atoms with van der Waals surface area (Å²) < 4.78 is 34.1. The Morgan fingerprint density at radius 2 is 1.50 bits per heavy atom. The van der Waals surface area contributed by atoms with Gasteiger partial charge < -0.3 is 4.55 Å². The van der Waals surface area contributed by atoms with Crippen molar-refractivity contribution in [3.63, 3.8) is 0 Å². The van der Waals surface area contributed by atoms with Crippen LogP contribution in [-0.4, -0.2) is 4.55 Å². The molecule has 58 valence electrons. The molecular weight excluding hydrogens is 158 g/mol. The van der Waals surface area contributed by atoms with Gasteiger partial charge >= 0.3 is 0 Å². The van der Waals surface area contributed by atoms with Gasteiger partial charge in [0.15, 0.2) is 9.81 Å². The first-order valence-corrected chi connectivity index (χ1v) is 3.74. The molecule has 10 heavy (non-hydrogen) atoms. The van der Waals surface area contributed by atoms with E-state index in [2.05, 4.69) is 0 Å². The van der Waals surface area contributed by atoms with Crippen LogP contribution in [0, 0.1) is 0 Å². The molecule has 0 unspecified atom stereocenters. The lowest BCUT2D eigenvalue weighted by Gasteiger charge is -2.06. The van der Waals surface area contributed by atoms with Crippen LogP contribution in [-0.2, 0) is 11.2 Å². The van der Waals surface area contributed by atoms with E-state index in [1.54, 1.807) is 0 Å². The molecule has 1 nitrogen and oxygen atoms in total. The standard InChI is InChI=1S/C6H8F2OS/c1-5(3-7)10(9)6(2)4-8/h3-4H,1-2H3. The Morgan fingerprint density at radius 3 is 1.70 bits per heavy atom. The molecule has 0 fully saturated rings. The summed E-state index contributed by atoms with van der Waals surface area (Å²) in [5.41, 5.74) is 0. The van der Waals surface area contributed by atoms with Gasteiger partial charge in [0.1, 0.15) is 12.7 Å². The summed E-state index contributed by atoms with van der Waals surface area (Å²) in [5.74, 6) is 0. The average Bonchev–Trinajstić information content (AvgIpc) is 2.00. The fourth-order valence-electron chi connectivity index (χ4n) is 0.335. The number of hydrogen-bond acceptors (Lipinski definition) is 1. The van der Waals surface area contributed by atoms with E-state index in [1.807, 2.05) is 0 Å². The van der Waals surface area contributed by atoms with Crippen LogP contribution in [0.25, 0.3) is 0 Å². The predicted molar refractivity (Wildman–Crippen MR) is 37.9 cm³/mol. The van der Waals surface area contributed by atoms with Gasteiger partial charge in [0.05, 0.1) is 0 Å². The fourth-order valence-corrected chi connectivity index (χ4v) is 1.00. The highest BCUT2D eigenvalue weighted by Crippen LogP contribution is 2.15. The normalized spacial score (nSPS) is 17.3. The summed E-state index contributed by atoms with van der Waals surface area (Å²) in [6.07, 6.45) is 0.423. The summed E-state index contributed by atoms with van der Waals surface area (Å²) in [4.78, 5) is 0.0396. The SMILES string of the molecule is CC(=CF)[S+]([O-])C(C)=CF. The van der Waals surface area contributed by atoms with E-state index in [1.165, 1.54) is 13.8 Å². The van der Waals surface area contributed by atoms with Gasteiger partial charge in [-0.25, -0.2) is 8.78 Å². The van der Waals surface area contributed by atoms with Crippen molar-refractivity contribution in [3.05, 3.63) is 22.5 Å². The van der Waals surface area contributed by atoms with E-state index < -0.39 is 11.2 Å². The van der Waals surface area contributed by atoms with Crippen molar-refractivity contribution in [2.45, 2.75) is 13.8 Å². The average molecular weight is 166 g/mol. The Balaban J connectivity index is 4.22.